The van der Waals surface area contributed by atoms with Gasteiger partial charge in [-0.25, -0.2) is 9.97 Å². The molecule has 0 aromatic carbocycles. The van der Waals surface area contributed by atoms with Crippen LogP contribution in [0.2, 0.25) is 0 Å². The van der Waals surface area contributed by atoms with E-state index in [1.165, 1.54) is 6.42 Å². The molecule has 1 N–H and O–H groups in total. The molecule has 160 valence electrons. The number of aromatic nitrogens is 3. The van der Waals surface area contributed by atoms with Crippen LogP contribution in [0.15, 0.2) is 6.07 Å². The fraction of sp³-hybridized carbons (Fsp3) is 0.636. The van der Waals surface area contributed by atoms with E-state index in [-0.39, 0.29) is 11.8 Å². The Balaban J connectivity index is 1.31. The molecule has 0 unspecified atom stereocenters. The van der Waals surface area contributed by atoms with Crippen LogP contribution in [-0.4, -0.2) is 74.9 Å². The Morgan fingerprint density at radius 2 is 1.87 bits per heavy atom. The van der Waals surface area contributed by atoms with Crippen LogP contribution in [0, 0.1) is 6.92 Å². The highest BCUT2D eigenvalue weighted by Gasteiger charge is 2.28. The summed E-state index contributed by atoms with van der Waals surface area (Å²) in [5, 5.41) is 3.04. The van der Waals surface area contributed by atoms with Gasteiger partial charge in [0, 0.05) is 50.9 Å². The molecule has 4 heterocycles. The topological polar surface area (TPSA) is 83.4 Å². The van der Waals surface area contributed by atoms with Gasteiger partial charge in [-0.15, -0.1) is 0 Å². The van der Waals surface area contributed by atoms with E-state index in [1.54, 1.807) is 0 Å². The van der Waals surface area contributed by atoms with E-state index in [1.807, 2.05) is 17.9 Å². The summed E-state index contributed by atoms with van der Waals surface area (Å²) in [5.41, 5.74) is 3.12. The Morgan fingerprint density at radius 1 is 1.07 bits per heavy atom. The summed E-state index contributed by atoms with van der Waals surface area (Å²) in [6.45, 7) is 6.00. The van der Waals surface area contributed by atoms with Gasteiger partial charge in [0.15, 0.2) is 5.65 Å². The molecule has 2 fully saturated rings. The molecule has 3 aliphatic rings. The van der Waals surface area contributed by atoms with Gasteiger partial charge < -0.3 is 14.8 Å². The van der Waals surface area contributed by atoms with Crippen molar-refractivity contribution in [1.29, 1.82) is 0 Å². The van der Waals surface area contributed by atoms with Crippen LogP contribution >= 0.6 is 0 Å². The average molecular weight is 411 g/mol. The molecule has 2 aliphatic heterocycles. The van der Waals surface area contributed by atoms with Crippen molar-refractivity contribution in [1.82, 2.24) is 29.7 Å². The number of pyridine rings is 1. The molecule has 0 bridgehead atoms. The van der Waals surface area contributed by atoms with E-state index in [0.717, 1.165) is 74.4 Å². The van der Waals surface area contributed by atoms with E-state index in [0.29, 0.717) is 31.2 Å². The molecule has 5 rings (SSSR count). The Labute approximate surface area is 176 Å². The number of imidazole rings is 1. The number of fused-ring (bicyclic) bond motifs is 3. The van der Waals surface area contributed by atoms with Gasteiger partial charge in [-0.3, -0.25) is 14.5 Å². The zero-order valence-corrected chi connectivity index (χ0v) is 17.7. The zero-order valence-electron chi connectivity index (χ0n) is 17.7. The molecule has 0 atom stereocenters. The maximum absolute atomic E-state index is 13.4. The number of carbonyl (C=O) groups excluding carboxylic acids is 2. The molecular weight excluding hydrogens is 380 g/mol. The number of aryl methyl sites for hydroxylation is 3. The number of piperazine rings is 1. The SMILES string of the molecule is Cc1cc(C(=O)N2CCN(CC(=O)NC3CC3)CC2)c2nc3n(c2n1)CCCCC3. The number of carbonyl (C=O) groups is 2. The summed E-state index contributed by atoms with van der Waals surface area (Å²) >= 11 is 0. The Morgan fingerprint density at radius 3 is 2.63 bits per heavy atom. The minimum Gasteiger partial charge on any atom is -0.352 e. The summed E-state index contributed by atoms with van der Waals surface area (Å²) in [7, 11) is 0. The fourth-order valence-electron chi connectivity index (χ4n) is 4.56. The first-order chi connectivity index (χ1) is 14.6. The summed E-state index contributed by atoms with van der Waals surface area (Å²) < 4.78 is 2.21. The lowest BCUT2D eigenvalue weighted by Crippen LogP contribution is -2.51. The number of hydrogen-bond acceptors (Lipinski definition) is 5. The first-order valence-electron chi connectivity index (χ1n) is 11.3. The molecule has 1 aliphatic carbocycles. The average Bonchev–Trinajstić information content (AvgIpc) is 3.52. The molecule has 1 saturated heterocycles. The first kappa shape index (κ1) is 19.5. The molecule has 0 spiro atoms. The van der Waals surface area contributed by atoms with Crippen LogP contribution in [0.4, 0.5) is 0 Å². The van der Waals surface area contributed by atoms with Crippen LogP contribution in [0.1, 0.15) is 54.0 Å². The van der Waals surface area contributed by atoms with Gasteiger partial charge in [0.25, 0.3) is 5.91 Å². The largest absolute Gasteiger partial charge is 0.352 e. The van der Waals surface area contributed by atoms with E-state index >= 15 is 0 Å². The summed E-state index contributed by atoms with van der Waals surface area (Å²) in [4.78, 5) is 39.0. The van der Waals surface area contributed by atoms with Crippen LogP contribution in [-0.2, 0) is 17.8 Å². The number of nitrogens with zero attached hydrogens (tertiary/aromatic N) is 5. The summed E-state index contributed by atoms with van der Waals surface area (Å²) in [6.07, 6.45) is 6.64. The third-order valence-electron chi connectivity index (χ3n) is 6.39. The lowest BCUT2D eigenvalue weighted by Gasteiger charge is -2.34. The smallest absolute Gasteiger partial charge is 0.256 e. The molecule has 2 amide bonds. The second-order valence-electron chi connectivity index (χ2n) is 8.88. The molecular formula is C22H30N6O2. The second-order valence-corrected chi connectivity index (χ2v) is 8.88. The van der Waals surface area contributed by atoms with Crippen LogP contribution in [0.3, 0.4) is 0 Å². The summed E-state index contributed by atoms with van der Waals surface area (Å²) in [6, 6.07) is 2.27. The number of amides is 2. The lowest BCUT2D eigenvalue weighted by molar-refractivity contribution is -0.122. The van der Waals surface area contributed by atoms with Gasteiger partial charge in [-0.1, -0.05) is 6.42 Å². The number of nitrogens with one attached hydrogen (secondary N) is 1. The number of rotatable bonds is 4. The van der Waals surface area contributed by atoms with E-state index in [9.17, 15) is 9.59 Å². The predicted molar refractivity (Wildman–Crippen MR) is 113 cm³/mol. The highest BCUT2D eigenvalue weighted by atomic mass is 16.2. The van der Waals surface area contributed by atoms with Crippen LogP contribution in [0.5, 0.6) is 0 Å². The molecule has 2 aromatic heterocycles. The van der Waals surface area contributed by atoms with Crippen molar-refractivity contribution in [2.45, 2.75) is 58.0 Å². The van der Waals surface area contributed by atoms with Gasteiger partial charge in [-0.2, -0.15) is 0 Å². The zero-order chi connectivity index (χ0) is 20.7. The minimum absolute atomic E-state index is 0.0286. The normalized spacial score (nSPS) is 20.1. The van der Waals surface area contributed by atoms with Crippen molar-refractivity contribution in [3.05, 3.63) is 23.1 Å². The van der Waals surface area contributed by atoms with Crippen molar-refractivity contribution in [3.8, 4) is 0 Å². The monoisotopic (exact) mass is 410 g/mol. The Kier molecular flexibility index (Phi) is 5.18. The van der Waals surface area contributed by atoms with Gasteiger partial charge in [0.2, 0.25) is 5.91 Å². The van der Waals surface area contributed by atoms with Gasteiger partial charge in [-0.05, 0) is 38.7 Å². The fourth-order valence-corrected chi connectivity index (χ4v) is 4.56. The predicted octanol–water partition coefficient (Wildman–Crippen LogP) is 1.50. The maximum Gasteiger partial charge on any atom is 0.256 e. The highest BCUT2D eigenvalue weighted by Crippen LogP contribution is 2.25. The third-order valence-corrected chi connectivity index (χ3v) is 6.39. The van der Waals surface area contributed by atoms with E-state index < -0.39 is 0 Å². The van der Waals surface area contributed by atoms with E-state index in [2.05, 4.69) is 14.8 Å². The maximum atomic E-state index is 13.4. The van der Waals surface area contributed by atoms with Crippen LogP contribution in [0.25, 0.3) is 11.2 Å². The molecule has 1 saturated carbocycles. The van der Waals surface area contributed by atoms with Crippen LogP contribution < -0.4 is 5.32 Å². The Bertz CT molecular complexity index is 972. The molecule has 30 heavy (non-hydrogen) atoms. The first-order valence-corrected chi connectivity index (χ1v) is 11.3. The quantitative estimate of drug-likeness (QED) is 0.826. The van der Waals surface area contributed by atoms with Crippen molar-refractivity contribution >= 4 is 23.0 Å². The van der Waals surface area contributed by atoms with Crippen molar-refractivity contribution in [3.63, 3.8) is 0 Å². The highest BCUT2D eigenvalue weighted by molar-refractivity contribution is 6.04. The number of hydrogen-bond donors (Lipinski definition) is 1. The van der Waals surface area contributed by atoms with Gasteiger partial charge >= 0.3 is 0 Å². The van der Waals surface area contributed by atoms with Crippen molar-refractivity contribution in [2.24, 2.45) is 0 Å². The van der Waals surface area contributed by atoms with Crippen molar-refractivity contribution < 1.29 is 9.59 Å². The standard InChI is InChI=1S/C22H30N6O2/c1-15-13-17(20-21(23-15)28-8-4-2-3-5-18(28)25-20)22(30)27-11-9-26(10-12-27)14-19(29)24-16-6-7-16/h13,16H,2-12,14H2,1H3,(H,24,29). The Hall–Kier alpha value is -2.48. The van der Waals surface area contributed by atoms with Gasteiger partial charge in [0.05, 0.1) is 12.1 Å². The summed E-state index contributed by atoms with van der Waals surface area (Å²) in [5.74, 6) is 1.19. The van der Waals surface area contributed by atoms with Crippen molar-refractivity contribution in [2.75, 3.05) is 32.7 Å². The minimum atomic E-state index is 0.0286. The second kappa shape index (κ2) is 7.98. The molecule has 8 nitrogen and oxygen atoms in total. The molecule has 0 radical (unpaired) electrons. The van der Waals surface area contributed by atoms with E-state index in [4.69, 9.17) is 9.97 Å². The molecule has 8 heteroatoms. The lowest BCUT2D eigenvalue weighted by atomic mass is 10.1. The molecule has 2 aromatic rings. The van der Waals surface area contributed by atoms with Gasteiger partial charge in [0.1, 0.15) is 11.3 Å². The third kappa shape index (κ3) is 3.93.